The molecule has 1 unspecified atom stereocenters. The SMILES string of the molecule is COc1ccc2cn(CC3(c4cnc(-c5cccnc5)nc4)NC(=O)NC3=O)c(O)c2c1. The van der Waals surface area contributed by atoms with Crippen molar-refractivity contribution in [3.8, 4) is 23.0 Å². The number of rotatable bonds is 5. The average molecular weight is 430 g/mol. The van der Waals surface area contributed by atoms with Crippen LogP contribution < -0.4 is 15.4 Å². The van der Waals surface area contributed by atoms with E-state index in [9.17, 15) is 14.7 Å². The molecule has 0 spiro atoms. The standard InChI is InChI=1S/C22H18N6O4/c1-32-16-5-4-14-11-28(19(29)17(14)7-16)12-22(20(30)26-21(31)27-22)15-9-24-18(25-10-15)13-3-2-6-23-8-13/h2-11,29H,12H2,1H3,(H2,26,27,30,31). The van der Waals surface area contributed by atoms with Gasteiger partial charge in [-0.05, 0) is 30.3 Å². The highest BCUT2D eigenvalue weighted by atomic mass is 16.5. The van der Waals surface area contributed by atoms with Crippen LogP contribution in [-0.4, -0.2) is 43.7 Å². The number of carbonyl (C=O) groups is 2. The number of pyridine rings is 1. The number of hydrogen-bond acceptors (Lipinski definition) is 7. The average Bonchev–Trinajstić information content (AvgIpc) is 3.29. The van der Waals surface area contributed by atoms with Gasteiger partial charge in [0.2, 0.25) is 0 Å². The van der Waals surface area contributed by atoms with Gasteiger partial charge >= 0.3 is 6.03 Å². The summed E-state index contributed by atoms with van der Waals surface area (Å²) in [5.74, 6) is 0.407. The lowest BCUT2D eigenvalue weighted by Gasteiger charge is -2.26. The molecule has 1 saturated heterocycles. The van der Waals surface area contributed by atoms with Gasteiger partial charge in [0.1, 0.15) is 5.75 Å². The zero-order valence-corrected chi connectivity index (χ0v) is 16.9. The van der Waals surface area contributed by atoms with Crippen molar-refractivity contribution in [1.29, 1.82) is 0 Å². The third-order valence-electron chi connectivity index (χ3n) is 5.48. The topological polar surface area (TPSA) is 131 Å². The second kappa shape index (κ2) is 7.34. The van der Waals surface area contributed by atoms with Crippen LogP contribution in [0.15, 0.2) is 61.3 Å². The Kier molecular flexibility index (Phi) is 4.47. The molecule has 1 fully saturated rings. The van der Waals surface area contributed by atoms with Crippen molar-refractivity contribution in [2.24, 2.45) is 0 Å². The van der Waals surface area contributed by atoms with E-state index in [4.69, 9.17) is 4.74 Å². The van der Waals surface area contributed by atoms with Gasteiger partial charge in [0.05, 0.1) is 13.7 Å². The van der Waals surface area contributed by atoms with Gasteiger partial charge in [-0.3, -0.25) is 15.1 Å². The number of amides is 3. The Morgan fingerprint density at radius 1 is 1.16 bits per heavy atom. The minimum absolute atomic E-state index is 0.0554. The van der Waals surface area contributed by atoms with Crippen molar-refractivity contribution >= 4 is 22.7 Å². The van der Waals surface area contributed by atoms with E-state index in [1.165, 1.54) is 24.1 Å². The van der Waals surface area contributed by atoms with E-state index in [1.807, 2.05) is 6.07 Å². The number of nitrogens with zero attached hydrogens (tertiary/aromatic N) is 4. The van der Waals surface area contributed by atoms with Crippen LogP contribution >= 0.6 is 0 Å². The van der Waals surface area contributed by atoms with Gasteiger partial charge in [-0.1, -0.05) is 0 Å². The zero-order chi connectivity index (χ0) is 22.3. The summed E-state index contributed by atoms with van der Waals surface area (Å²) in [7, 11) is 1.54. The summed E-state index contributed by atoms with van der Waals surface area (Å²) >= 11 is 0. The summed E-state index contributed by atoms with van der Waals surface area (Å²) in [5.41, 5.74) is -0.402. The van der Waals surface area contributed by atoms with Gasteiger partial charge in [-0.25, -0.2) is 14.8 Å². The summed E-state index contributed by atoms with van der Waals surface area (Å²) < 4.78 is 6.73. The second-order valence-electron chi connectivity index (χ2n) is 7.38. The van der Waals surface area contributed by atoms with Crippen LogP contribution in [0.25, 0.3) is 22.2 Å². The van der Waals surface area contributed by atoms with E-state index < -0.39 is 17.5 Å². The van der Waals surface area contributed by atoms with Crippen LogP contribution in [0.4, 0.5) is 4.79 Å². The molecule has 0 saturated carbocycles. The first kappa shape index (κ1) is 19.5. The van der Waals surface area contributed by atoms with Crippen LogP contribution in [-0.2, 0) is 16.9 Å². The third-order valence-corrected chi connectivity index (χ3v) is 5.48. The fraction of sp³-hybridized carbons (Fsp3) is 0.136. The van der Waals surface area contributed by atoms with Crippen molar-refractivity contribution in [1.82, 2.24) is 30.2 Å². The van der Waals surface area contributed by atoms with Crippen LogP contribution in [0.1, 0.15) is 5.56 Å². The number of imide groups is 1. The highest BCUT2D eigenvalue weighted by Gasteiger charge is 2.49. The zero-order valence-electron chi connectivity index (χ0n) is 16.9. The van der Waals surface area contributed by atoms with Gasteiger partial charge in [0, 0.05) is 52.9 Å². The van der Waals surface area contributed by atoms with Crippen molar-refractivity contribution in [2.75, 3.05) is 7.11 Å². The molecule has 1 aromatic carbocycles. The Morgan fingerprint density at radius 2 is 1.97 bits per heavy atom. The molecular formula is C22H18N6O4. The number of methoxy groups -OCH3 is 1. The molecule has 3 aromatic heterocycles. The predicted molar refractivity (Wildman–Crippen MR) is 114 cm³/mol. The van der Waals surface area contributed by atoms with Gasteiger partial charge in [0.25, 0.3) is 5.91 Å². The summed E-state index contributed by atoms with van der Waals surface area (Å²) in [6.07, 6.45) is 7.96. The van der Waals surface area contributed by atoms with E-state index >= 15 is 0 Å². The molecule has 3 amide bonds. The minimum Gasteiger partial charge on any atom is -0.497 e. The lowest BCUT2D eigenvalue weighted by Crippen LogP contribution is -2.47. The number of nitrogens with one attached hydrogen (secondary N) is 2. The molecule has 1 atom stereocenters. The van der Waals surface area contributed by atoms with E-state index in [-0.39, 0.29) is 12.4 Å². The predicted octanol–water partition coefficient (Wildman–Crippen LogP) is 1.94. The number of hydrogen-bond donors (Lipinski definition) is 3. The van der Waals surface area contributed by atoms with Gasteiger partial charge in [-0.2, -0.15) is 0 Å². The molecule has 1 aliphatic rings. The lowest BCUT2D eigenvalue weighted by atomic mass is 9.92. The Morgan fingerprint density at radius 3 is 2.62 bits per heavy atom. The van der Waals surface area contributed by atoms with Crippen LogP contribution in [0, 0.1) is 0 Å². The lowest BCUT2D eigenvalue weighted by molar-refractivity contribution is -0.124. The van der Waals surface area contributed by atoms with E-state index in [0.717, 1.165) is 10.9 Å². The number of carbonyl (C=O) groups excluding carboxylic acids is 2. The molecule has 160 valence electrons. The number of aromatic hydroxyl groups is 1. The number of fused-ring (bicyclic) bond motifs is 1. The van der Waals surface area contributed by atoms with E-state index in [2.05, 4.69) is 25.6 Å². The molecule has 4 aromatic rings. The molecule has 0 radical (unpaired) electrons. The maximum Gasteiger partial charge on any atom is 0.322 e. The minimum atomic E-state index is -1.50. The second-order valence-corrected chi connectivity index (χ2v) is 7.38. The van der Waals surface area contributed by atoms with Crippen molar-refractivity contribution in [3.05, 3.63) is 66.9 Å². The molecule has 1 aliphatic heterocycles. The summed E-state index contributed by atoms with van der Waals surface area (Å²) in [5, 5.41) is 17.1. The highest BCUT2D eigenvalue weighted by molar-refractivity contribution is 6.07. The van der Waals surface area contributed by atoms with Gasteiger partial charge in [-0.15, -0.1) is 0 Å². The summed E-state index contributed by atoms with van der Waals surface area (Å²) in [4.78, 5) is 37.8. The third kappa shape index (κ3) is 3.09. The maximum absolute atomic E-state index is 12.9. The van der Waals surface area contributed by atoms with Crippen molar-refractivity contribution < 1.29 is 19.4 Å². The highest BCUT2D eigenvalue weighted by Crippen LogP contribution is 2.34. The fourth-order valence-corrected chi connectivity index (χ4v) is 3.82. The van der Waals surface area contributed by atoms with Crippen molar-refractivity contribution in [2.45, 2.75) is 12.1 Å². The first-order valence-electron chi connectivity index (χ1n) is 9.72. The molecule has 4 heterocycles. The Balaban J connectivity index is 1.56. The molecule has 10 nitrogen and oxygen atoms in total. The number of ether oxygens (including phenoxy) is 1. The normalized spacial score (nSPS) is 17.9. The molecule has 0 bridgehead atoms. The Bertz CT molecular complexity index is 1340. The van der Waals surface area contributed by atoms with Crippen molar-refractivity contribution in [3.63, 3.8) is 0 Å². The molecular weight excluding hydrogens is 412 g/mol. The Hall–Kier alpha value is -4.47. The smallest absolute Gasteiger partial charge is 0.322 e. The fourth-order valence-electron chi connectivity index (χ4n) is 3.82. The first-order chi connectivity index (χ1) is 15.5. The number of benzene rings is 1. The van der Waals surface area contributed by atoms with Crippen LogP contribution in [0.3, 0.4) is 0 Å². The quantitative estimate of drug-likeness (QED) is 0.412. The summed E-state index contributed by atoms with van der Waals surface area (Å²) in [6.45, 7) is -0.0665. The van der Waals surface area contributed by atoms with E-state index in [1.54, 1.807) is 42.9 Å². The molecule has 32 heavy (non-hydrogen) atoms. The van der Waals surface area contributed by atoms with Crippen LogP contribution in [0.2, 0.25) is 0 Å². The largest absolute Gasteiger partial charge is 0.497 e. The molecule has 3 N–H and O–H groups in total. The molecule has 10 heteroatoms. The number of urea groups is 1. The summed E-state index contributed by atoms with van der Waals surface area (Å²) in [6, 6.07) is 8.23. The molecule has 0 aliphatic carbocycles. The van der Waals surface area contributed by atoms with Gasteiger partial charge in [0.15, 0.2) is 17.2 Å². The van der Waals surface area contributed by atoms with Gasteiger partial charge < -0.3 is 19.7 Å². The first-order valence-corrected chi connectivity index (χ1v) is 9.72. The van der Waals surface area contributed by atoms with E-state index in [0.29, 0.717) is 22.5 Å². The molecule has 5 rings (SSSR count). The monoisotopic (exact) mass is 430 g/mol. The maximum atomic E-state index is 12.9. The Labute approximate surface area is 181 Å². The van der Waals surface area contributed by atoms with Crippen LogP contribution in [0.5, 0.6) is 11.6 Å². The number of aromatic nitrogens is 4.